The average Bonchev–Trinajstić information content (AvgIpc) is 2.48. The molecule has 2 rings (SSSR count). The minimum atomic E-state index is -0.0986. The Labute approximate surface area is 119 Å². The second-order valence-corrected chi connectivity index (χ2v) is 4.56. The first-order valence-corrected chi connectivity index (χ1v) is 6.78. The van der Waals surface area contributed by atoms with E-state index in [2.05, 4.69) is 12.2 Å². The second-order valence-electron chi connectivity index (χ2n) is 4.56. The molecule has 2 aromatic rings. The third-order valence-electron chi connectivity index (χ3n) is 3.13. The molecule has 0 aromatic heterocycles. The number of methoxy groups -OCH3 is 1. The third kappa shape index (κ3) is 3.18. The van der Waals surface area contributed by atoms with Crippen LogP contribution in [0.25, 0.3) is 0 Å². The van der Waals surface area contributed by atoms with Gasteiger partial charge in [0.15, 0.2) is 0 Å². The van der Waals surface area contributed by atoms with E-state index in [9.17, 15) is 4.79 Å². The lowest BCUT2D eigenvalue weighted by Crippen LogP contribution is -2.14. The Morgan fingerprint density at radius 1 is 1.10 bits per heavy atom. The predicted molar refractivity (Wildman–Crippen MR) is 81.4 cm³/mol. The number of rotatable bonds is 5. The van der Waals surface area contributed by atoms with Gasteiger partial charge in [-0.3, -0.25) is 4.79 Å². The summed E-state index contributed by atoms with van der Waals surface area (Å²) in [6.45, 7) is 2.09. The van der Waals surface area contributed by atoms with Crippen LogP contribution in [0.2, 0.25) is 0 Å². The van der Waals surface area contributed by atoms with Crippen LogP contribution < -0.4 is 10.1 Å². The fourth-order valence-electron chi connectivity index (χ4n) is 2.20. The summed E-state index contributed by atoms with van der Waals surface area (Å²) in [7, 11) is 1.63. The van der Waals surface area contributed by atoms with Gasteiger partial charge < -0.3 is 10.1 Å². The van der Waals surface area contributed by atoms with Crippen molar-refractivity contribution in [2.45, 2.75) is 19.8 Å². The van der Waals surface area contributed by atoms with Gasteiger partial charge in [-0.2, -0.15) is 0 Å². The molecule has 0 fully saturated rings. The van der Waals surface area contributed by atoms with Crippen LogP contribution in [-0.2, 0) is 6.42 Å². The topological polar surface area (TPSA) is 38.3 Å². The van der Waals surface area contributed by atoms with E-state index < -0.39 is 0 Å². The molecule has 0 saturated heterocycles. The molecule has 1 amide bonds. The summed E-state index contributed by atoms with van der Waals surface area (Å²) in [5.41, 5.74) is 2.43. The summed E-state index contributed by atoms with van der Waals surface area (Å²) in [6.07, 6.45) is 1.79. The van der Waals surface area contributed by atoms with E-state index in [1.165, 1.54) is 0 Å². The van der Waals surface area contributed by atoms with Gasteiger partial charge in [0.1, 0.15) is 5.75 Å². The molecule has 0 aliphatic heterocycles. The van der Waals surface area contributed by atoms with Crippen LogP contribution in [0.5, 0.6) is 5.75 Å². The summed E-state index contributed by atoms with van der Waals surface area (Å²) >= 11 is 0. The number of hydrogen-bond acceptors (Lipinski definition) is 2. The SMILES string of the molecule is CCCc1c(OC)cccc1C(=O)Nc1ccccc1. The number of ether oxygens (including phenoxy) is 1. The fraction of sp³-hybridized carbons (Fsp3) is 0.235. The number of carbonyl (C=O) groups excluding carboxylic acids is 1. The van der Waals surface area contributed by atoms with Gasteiger partial charge in [0.05, 0.1) is 7.11 Å². The molecule has 2 aromatic carbocycles. The number of benzene rings is 2. The first-order chi connectivity index (χ1) is 9.76. The zero-order valence-corrected chi connectivity index (χ0v) is 11.8. The highest BCUT2D eigenvalue weighted by molar-refractivity contribution is 6.05. The maximum Gasteiger partial charge on any atom is 0.256 e. The standard InChI is InChI=1S/C17H19NO2/c1-3-8-14-15(11-7-12-16(14)20-2)17(19)18-13-9-5-4-6-10-13/h4-7,9-12H,3,8H2,1-2H3,(H,18,19). The van der Waals surface area contributed by atoms with Crippen molar-refractivity contribution in [3.05, 3.63) is 59.7 Å². The quantitative estimate of drug-likeness (QED) is 0.894. The first-order valence-electron chi connectivity index (χ1n) is 6.78. The minimum absolute atomic E-state index is 0.0986. The highest BCUT2D eigenvalue weighted by atomic mass is 16.5. The van der Waals surface area contributed by atoms with E-state index in [-0.39, 0.29) is 5.91 Å². The Morgan fingerprint density at radius 3 is 2.50 bits per heavy atom. The Hall–Kier alpha value is -2.29. The summed E-state index contributed by atoms with van der Waals surface area (Å²) in [4.78, 5) is 12.4. The molecule has 20 heavy (non-hydrogen) atoms. The normalized spacial score (nSPS) is 10.1. The second kappa shape index (κ2) is 6.75. The van der Waals surface area contributed by atoms with Crippen molar-refractivity contribution >= 4 is 11.6 Å². The van der Waals surface area contributed by atoms with Crippen LogP contribution in [0, 0.1) is 0 Å². The molecule has 3 heteroatoms. The lowest BCUT2D eigenvalue weighted by molar-refractivity contribution is 0.102. The van der Waals surface area contributed by atoms with Gasteiger partial charge in [-0.25, -0.2) is 0 Å². The first kappa shape index (κ1) is 14.1. The van der Waals surface area contributed by atoms with Gasteiger partial charge in [0.25, 0.3) is 5.91 Å². The van der Waals surface area contributed by atoms with Crippen molar-refractivity contribution in [1.82, 2.24) is 0 Å². The number of hydrogen-bond donors (Lipinski definition) is 1. The van der Waals surface area contributed by atoms with E-state index in [4.69, 9.17) is 4.74 Å². The zero-order chi connectivity index (χ0) is 14.4. The predicted octanol–water partition coefficient (Wildman–Crippen LogP) is 3.90. The molecule has 0 spiro atoms. The monoisotopic (exact) mass is 269 g/mol. The van der Waals surface area contributed by atoms with Crippen LogP contribution in [0.15, 0.2) is 48.5 Å². The van der Waals surface area contributed by atoms with E-state index in [1.807, 2.05) is 48.5 Å². The summed E-state index contributed by atoms with van der Waals surface area (Å²) in [5.74, 6) is 0.672. The van der Waals surface area contributed by atoms with Crippen molar-refractivity contribution < 1.29 is 9.53 Å². The number of nitrogens with one attached hydrogen (secondary N) is 1. The zero-order valence-electron chi connectivity index (χ0n) is 11.8. The molecular weight excluding hydrogens is 250 g/mol. The van der Waals surface area contributed by atoms with Gasteiger partial charge in [-0.05, 0) is 30.7 Å². The molecule has 0 aliphatic rings. The minimum Gasteiger partial charge on any atom is -0.496 e. The third-order valence-corrected chi connectivity index (χ3v) is 3.13. The van der Waals surface area contributed by atoms with E-state index in [1.54, 1.807) is 7.11 Å². The molecular formula is C17H19NO2. The van der Waals surface area contributed by atoms with Gasteiger partial charge in [-0.15, -0.1) is 0 Å². The maximum atomic E-state index is 12.4. The van der Waals surface area contributed by atoms with E-state index in [0.717, 1.165) is 29.8 Å². The van der Waals surface area contributed by atoms with Crippen LogP contribution in [0.4, 0.5) is 5.69 Å². The van der Waals surface area contributed by atoms with Crippen LogP contribution >= 0.6 is 0 Å². The molecule has 0 heterocycles. The van der Waals surface area contributed by atoms with Crippen LogP contribution in [0.3, 0.4) is 0 Å². The smallest absolute Gasteiger partial charge is 0.256 e. The van der Waals surface area contributed by atoms with Gasteiger partial charge >= 0.3 is 0 Å². The van der Waals surface area contributed by atoms with Crippen LogP contribution in [-0.4, -0.2) is 13.0 Å². The molecule has 0 bridgehead atoms. The maximum absolute atomic E-state index is 12.4. The Kier molecular flexibility index (Phi) is 4.77. The lowest BCUT2D eigenvalue weighted by Gasteiger charge is -2.13. The average molecular weight is 269 g/mol. The lowest BCUT2D eigenvalue weighted by atomic mass is 10.0. The Bertz CT molecular complexity index is 579. The van der Waals surface area contributed by atoms with Crippen molar-refractivity contribution in [1.29, 1.82) is 0 Å². The Morgan fingerprint density at radius 2 is 1.85 bits per heavy atom. The number of amides is 1. The van der Waals surface area contributed by atoms with Crippen molar-refractivity contribution in [3.8, 4) is 5.75 Å². The van der Waals surface area contributed by atoms with Crippen molar-refractivity contribution in [2.24, 2.45) is 0 Å². The summed E-state index contributed by atoms with van der Waals surface area (Å²) in [6, 6.07) is 15.0. The van der Waals surface area contributed by atoms with Gasteiger partial charge in [0, 0.05) is 16.8 Å². The highest BCUT2D eigenvalue weighted by Gasteiger charge is 2.14. The number of para-hydroxylation sites is 1. The van der Waals surface area contributed by atoms with E-state index in [0.29, 0.717) is 5.56 Å². The molecule has 0 radical (unpaired) electrons. The number of carbonyl (C=O) groups is 1. The number of anilines is 1. The largest absolute Gasteiger partial charge is 0.496 e. The summed E-state index contributed by atoms with van der Waals surface area (Å²) in [5, 5.41) is 2.91. The fourth-order valence-corrected chi connectivity index (χ4v) is 2.20. The molecule has 104 valence electrons. The van der Waals surface area contributed by atoms with Gasteiger partial charge in [0.2, 0.25) is 0 Å². The molecule has 0 saturated carbocycles. The van der Waals surface area contributed by atoms with Crippen molar-refractivity contribution in [3.63, 3.8) is 0 Å². The molecule has 0 atom stereocenters. The van der Waals surface area contributed by atoms with E-state index >= 15 is 0 Å². The molecule has 1 N–H and O–H groups in total. The van der Waals surface area contributed by atoms with Crippen molar-refractivity contribution in [2.75, 3.05) is 12.4 Å². The Balaban J connectivity index is 2.29. The van der Waals surface area contributed by atoms with Crippen LogP contribution in [0.1, 0.15) is 29.3 Å². The molecule has 0 aliphatic carbocycles. The molecule has 0 unspecified atom stereocenters. The highest BCUT2D eigenvalue weighted by Crippen LogP contribution is 2.24. The summed E-state index contributed by atoms with van der Waals surface area (Å²) < 4.78 is 5.36. The van der Waals surface area contributed by atoms with Gasteiger partial charge in [-0.1, -0.05) is 37.6 Å². The molecule has 3 nitrogen and oxygen atoms in total.